The summed E-state index contributed by atoms with van der Waals surface area (Å²) in [6.45, 7) is 3.61. The van der Waals surface area contributed by atoms with Gasteiger partial charge in [0.25, 0.3) is 5.91 Å². The fraction of sp³-hybridized carbons (Fsp3) is 0.379. The lowest BCUT2D eigenvalue weighted by Gasteiger charge is -2.24. The number of amides is 1. The van der Waals surface area contributed by atoms with E-state index in [9.17, 15) is 14.4 Å². The average molecular weight is 528 g/mol. The van der Waals surface area contributed by atoms with Gasteiger partial charge in [-0.3, -0.25) is 13.9 Å². The standard InChI is InChI=1S/C29H30FN7O2/c1-19(12-13-30)29(38)37(14-5-3-4-9-25-33-27(35-39-25)20-10-11-20)24-8-6-7-21(16-24)26-22(17-31)15-23-18-32-36(2)28(23)34-26/h6-8,15-16,18,20H,1,3-5,9-14H2,2H3. The third-order valence-corrected chi connectivity index (χ3v) is 6.90. The van der Waals surface area contributed by atoms with Crippen LogP contribution >= 0.6 is 0 Å². The van der Waals surface area contributed by atoms with Crippen LogP contribution < -0.4 is 4.90 Å². The molecule has 39 heavy (non-hydrogen) atoms. The number of aromatic nitrogens is 5. The highest BCUT2D eigenvalue weighted by Crippen LogP contribution is 2.38. The molecule has 4 aromatic rings. The molecule has 10 heteroatoms. The van der Waals surface area contributed by atoms with E-state index in [0.717, 1.165) is 43.3 Å². The van der Waals surface area contributed by atoms with Crippen LogP contribution in [0.5, 0.6) is 0 Å². The molecule has 0 aliphatic heterocycles. The first-order chi connectivity index (χ1) is 19.0. The van der Waals surface area contributed by atoms with Crippen LogP contribution in [-0.2, 0) is 18.3 Å². The molecule has 3 heterocycles. The summed E-state index contributed by atoms with van der Waals surface area (Å²) in [7, 11) is 1.79. The van der Waals surface area contributed by atoms with Crippen molar-refractivity contribution in [1.29, 1.82) is 5.26 Å². The van der Waals surface area contributed by atoms with Crippen molar-refractivity contribution in [3.05, 3.63) is 66.0 Å². The van der Waals surface area contributed by atoms with Crippen LogP contribution in [0.15, 0.2) is 53.2 Å². The number of aryl methyl sites for hydroxylation is 2. The summed E-state index contributed by atoms with van der Waals surface area (Å²) in [6, 6.07) is 11.3. The molecule has 1 aliphatic carbocycles. The van der Waals surface area contributed by atoms with Crippen LogP contribution in [0.1, 0.15) is 61.7 Å². The fourth-order valence-corrected chi connectivity index (χ4v) is 4.56. The predicted molar refractivity (Wildman–Crippen MR) is 145 cm³/mol. The number of nitrogens with zero attached hydrogens (tertiary/aromatic N) is 7. The van der Waals surface area contributed by atoms with Crippen molar-refractivity contribution in [1.82, 2.24) is 24.9 Å². The second-order valence-corrected chi connectivity index (χ2v) is 9.86. The molecule has 0 bridgehead atoms. The molecule has 1 amide bonds. The summed E-state index contributed by atoms with van der Waals surface area (Å²) in [5, 5.41) is 18.8. The normalized spacial score (nSPS) is 12.9. The molecule has 0 spiro atoms. The van der Waals surface area contributed by atoms with E-state index < -0.39 is 6.67 Å². The van der Waals surface area contributed by atoms with E-state index in [1.54, 1.807) is 28.9 Å². The minimum absolute atomic E-state index is 0.0210. The fourth-order valence-electron chi connectivity index (χ4n) is 4.56. The number of unbranched alkanes of at least 4 members (excludes halogenated alkanes) is 2. The van der Waals surface area contributed by atoms with Crippen LogP contribution in [0.4, 0.5) is 10.1 Å². The lowest BCUT2D eigenvalue weighted by Crippen LogP contribution is -2.33. The number of carbonyl (C=O) groups excluding carboxylic acids is 1. The topological polar surface area (TPSA) is 114 Å². The van der Waals surface area contributed by atoms with Crippen LogP contribution in [0, 0.1) is 11.3 Å². The van der Waals surface area contributed by atoms with Crippen molar-refractivity contribution >= 4 is 22.6 Å². The first-order valence-electron chi connectivity index (χ1n) is 13.2. The van der Waals surface area contributed by atoms with Gasteiger partial charge in [-0.2, -0.15) is 15.3 Å². The van der Waals surface area contributed by atoms with Crippen molar-refractivity contribution < 1.29 is 13.7 Å². The molecule has 1 aliphatic rings. The summed E-state index contributed by atoms with van der Waals surface area (Å²) in [6.07, 6.45) is 7.02. The van der Waals surface area contributed by atoms with Gasteiger partial charge in [0, 0.05) is 54.6 Å². The zero-order valence-corrected chi connectivity index (χ0v) is 21.9. The second kappa shape index (κ2) is 11.6. The highest BCUT2D eigenvalue weighted by atomic mass is 19.1. The highest BCUT2D eigenvalue weighted by Gasteiger charge is 2.28. The average Bonchev–Trinajstić information content (AvgIpc) is 3.59. The molecule has 1 saturated carbocycles. The molecule has 3 aromatic heterocycles. The van der Waals surface area contributed by atoms with Crippen molar-refractivity contribution in [2.75, 3.05) is 18.1 Å². The molecule has 0 saturated heterocycles. The highest BCUT2D eigenvalue weighted by molar-refractivity contribution is 6.05. The lowest BCUT2D eigenvalue weighted by atomic mass is 10.0. The number of nitriles is 1. The molecule has 5 rings (SSSR count). The number of halogens is 1. The van der Waals surface area contributed by atoms with Crippen LogP contribution in [0.25, 0.3) is 22.3 Å². The summed E-state index contributed by atoms with van der Waals surface area (Å²) < 4.78 is 20.1. The maximum Gasteiger partial charge on any atom is 0.253 e. The van der Waals surface area contributed by atoms with Gasteiger partial charge in [0.05, 0.1) is 24.1 Å². The minimum Gasteiger partial charge on any atom is -0.339 e. The van der Waals surface area contributed by atoms with Gasteiger partial charge in [0.1, 0.15) is 6.07 Å². The Morgan fingerprint density at radius 2 is 2.10 bits per heavy atom. The van der Waals surface area contributed by atoms with Gasteiger partial charge in [0.2, 0.25) is 5.89 Å². The quantitative estimate of drug-likeness (QED) is 0.178. The number of fused-ring (bicyclic) bond motifs is 1. The van der Waals surface area contributed by atoms with E-state index in [1.807, 2.05) is 24.3 Å². The van der Waals surface area contributed by atoms with Crippen LogP contribution in [0.2, 0.25) is 0 Å². The third kappa shape index (κ3) is 5.87. The minimum atomic E-state index is -0.647. The number of hydrogen-bond acceptors (Lipinski definition) is 7. The molecule has 0 N–H and O–H groups in total. The van der Waals surface area contributed by atoms with Gasteiger partial charge in [-0.25, -0.2) is 4.98 Å². The van der Waals surface area contributed by atoms with Crippen molar-refractivity contribution in [3.8, 4) is 17.3 Å². The molecule has 0 unspecified atom stereocenters. The Bertz CT molecular complexity index is 1550. The number of carbonyl (C=O) groups is 1. The summed E-state index contributed by atoms with van der Waals surface area (Å²) >= 11 is 0. The SMILES string of the molecule is C=C(CCF)C(=O)N(CCCCCc1nc(C2CC2)no1)c1cccc(-c2nc3c(cnn3C)cc2C#N)c1. The van der Waals surface area contributed by atoms with E-state index in [4.69, 9.17) is 9.51 Å². The van der Waals surface area contributed by atoms with Crippen molar-refractivity contribution in [3.63, 3.8) is 0 Å². The van der Waals surface area contributed by atoms with Gasteiger partial charge in [-0.05, 0) is 43.9 Å². The Labute approximate surface area is 225 Å². The van der Waals surface area contributed by atoms with Gasteiger partial charge >= 0.3 is 0 Å². The Balaban J connectivity index is 1.33. The van der Waals surface area contributed by atoms with Gasteiger partial charge < -0.3 is 9.42 Å². The van der Waals surface area contributed by atoms with E-state index in [2.05, 4.69) is 27.9 Å². The molecular weight excluding hydrogens is 497 g/mol. The van der Waals surface area contributed by atoms with Crippen molar-refractivity contribution in [2.24, 2.45) is 7.05 Å². The Morgan fingerprint density at radius 1 is 1.26 bits per heavy atom. The lowest BCUT2D eigenvalue weighted by molar-refractivity contribution is -0.115. The molecule has 9 nitrogen and oxygen atoms in total. The first-order valence-corrected chi connectivity index (χ1v) is 13.2. The van der Waals surface area contributed by atoms with E-state index in [-0.39, 0.29) is 17.9 Å². The number of anilines is 1. The zero-order chi connectivity index (χ0) is 27.4. The van der Waals surface area contributed by atoms with Crippen molar-refractivity contribution in [2.45, 2.75) is 50.9 Å². The maximum atomic E-state index is 13.3. The maximum absolute atomic E-state index is 13.3. The number of rotatable bonds is 12. The van der Waals surface area contributed by atoms with Gasteiger partial charge in [-0.15, -0.1) is 0 Å². The molecule has 0 atom stereocenters. The van der Waals surface area contributed by atoms with Crippen LogP contribution in [0.3, 0.4) is 0 Å². The molecule has 1 fully saturated rings. The van der Waals surface area contributed by atoms with Gasteiger partial charge in [0.15, 0.2) is 11.5 Å². The monoisotopic (exact) mass is 527 g/mol. The smallest absolute Gasteiger partial charge is 0.253 e. The molecule has 200 valence electrons. The van der Waals surface area contributed by atoms with Crippen LogP contribution in [-0.4, -0.2) is 44.0 Å². The zero-order valence-electron chi connectivity index (χ0n) is 21.9. The van der Waals surface area contributed by atoms with E-state index in [0.29, 0.717) is 52.9 Å². The Kier molecular flexibility index (Phi) is 7.77. The predicted octanol–water partition coefficient (Wildman–Crippen LogP) is 5.43. The number of hydrogen-bond donors (Lipinski definition) is 0. The molecule has 0 radical (unpaired) electrons. The first kappa shape index (κ1) is 26.2. The number of benzene rings is 1. The summed E-state index contributed by atoms with van der Waals surface area (Å²) in [4.78, 5) is 24.1. The third-order valence-electron chi connectivity index (χ3n) is 6.90. The van der Waals surface area contributed by atoms with E-state index >= 15 is 0 Å². The second-order valence-electron chi connectivity index (χ2n) is 9.86. The summed E-state index contributed by atoms with van der Waals surface area (Å²) in [5.74, 6) is 1.61. The largest absolute Gasteiger partial charge is 0.339 e. The molecule has 1 aromatic carbocycles. The number of pyridine rings is 1. The van der Waals surface area contributed by atoms with Gasteiger partial charge in [-0.1, -0.05) is 30.3 Å². The Hall–Kier alpha value is -4.39. The van der Waals surface area contributed by atoms with E-state index in [1.165, 1.54) is 0 Å². The summed E-state index contributed by atoms with van der Waals surface area (Å²) in [5.41, 5.74) is 3.13. The molecular formula is C29H30FN7O2. The number of alkyl halides is 1. The Morgan fingerprint density at radius 3 is 2.87 bits per heavy atom.